The quantitative estimate of drug-likeness (QED) is 0.710. The van der Waals surface area contributed by atoms with E-state index in [0.29, 0.717) is 0 Å². The predicted octanol–water partition coefficient (Wildman–Crippen LogP) is 0.821. The Balaban J connectivity index is 2.32. The molecule has 1 aromatic rings. The normalized spacial score (nSPS) is 14.2. The summed E-state index contributed by atoms with van der Waals surface area (Å²) in [5.41, 5.74) is 0.526. The first-order valence-corrected chi connectivity index (χ1v) is 4.68. The topological polar surface area (TPSA) is 54.5 Å². The van der Waals surface area contributed by atoms with E-state index in [1.54, 1.807) is 12.1 Å². The van der Waals surface area contributed by atoms with Gasteiger partial charge in [-0.05, 0) is 12.1 Å². The van der Waals surface area contributed by atoms with Gasteiger partial charge < -0.3 is 0 Å². The number of benzene rings is 1. The molecule has 82 valence electrons. The molecule has 0 unspecified atom stereocenters. The number of amides is 2. The van der Waals surface area contributed by atoms with Crippen LogP contribution in [0.3, 0.4) is 0 Å². The molecule has 1 aliphatic rings. The first-order chi connectivity index (χ1) is 7.65. The van der Waals surface area contributed by atoms with E-state index in [2.05, 4.69) is 0 Å². The summed E-state index contributed by atoms with van der Waals surface area (Å²) in [6, 6.07) is 6.28. The number of fused-ring (bicyclic) bond motifs is 1. The van der Waals surface area contributed by atoms with Crippen LogP contribution < -0.4 is 0 Å². The van der Waals surface area contributed by atoms with E-state index in [-0.39, 0.29) is 11.1 Å². The summed E-state index contributed by atoms with van der Waals surface area (Å²) in [7, 11) is 0. The molecular weight excluding hydrogens is 213 g/mol. The molecule has 0 saturated heterocycles. The molecule has 2 rings (SSSR count). The number of Topliss-reactive ketones (excluding diaryl/α,β-unsaturated/α-hetero) is 1. The third-order valence-corrected chi connectivity index (χ3v) is 2.36. The Morgan fingerprint density at radius 3 is 2.06 bits per heavy atom. The SMILES string of the molecule is O=C(CF)CN1C(=O)c2ccccc2C1=O. The molecular formula is C11H8FNO3. The molecule has 0 atom stereocenters. The molecule has 2 amide bonds. The van der Waals surface area contributed by atoms with Crippen LogP contribution in [0.15, 0.2) is 24.3 Å². The van der Waals surface area contributed by atoms with Crippen molar-refractivity contribution in [3.63, 3.8) is 0 Å². The van der Waals surface area contributed by atoms with Crippen LogP contribution in [0.1, 0.15) is 20.7 Å². The summed E-state index contributed by atoms with van der Waals surface area (Å²) < 4.78 is 12.0. The first kappa shape index (κ1) is 10.5. The van der Waals surface area contributed by atoms with Gasteiger partial charge in [-0.15, -0.1) is 0 Å². The van der Waals surface area contributed by atoms with Gasteiger partial charge in [0.15, 0.2) is 5.78 Å². The number of hydrogen-bond acceptors (Lipinski definition) is 3. The molecule has 4 nitrogen and oxygen atoms in total. The first-order valence-electron chi connectivity index (χ1n) is 4.68. The Labute approximate surface area is 90.7 Å². The van der Waals surface area contributed by atoms with Crippen LogP contribution in [-0.2, 0) is 4.79 Å². The molecule has 5 heteroatoms. The zero-order valence-corrected chi connectivity index (χ0v) is 8.27. The monoisotopic (exact) mass is 221 g/mol. The second-order valence-electron chi connectivity index (χ2n) is 3.41. The van der Waals surface area contributed by atoms with Crippen molar-refractivity contribution in [2.24, 2.45) is 0 Å². The summed E-state index contributed by atoms with van der Waals surface area (Å²) in [4.78, 5) is 35.0. The van der Waals surface area contributed by atoms with Gasteiger partial charge in [0.25, 0.3) is 11.8 Å². The fourth-order valence-corrected chi connectivity index (χ4v) is 1.60. The van der Waals surface area contributed by atoms with Crippen molar-refractivity contribution in [2.75, 3.05) is 13.2 Å². The summed E-state index contributed by atoms with van der Waals surface area (Å²) in [5.74, 6) is -1.86. The van der Waals surface area contributed by atoms with Crippen molar-refractivity contribution in [1.82, 2.24) is 4.90 Å². The van der Waals surface area contributed by atoms with Crippen LogP contribution >= 0.6 is 0 Å². The molecule has 0 spiro atoms. The second-order valence-corrected chi connectivity index (χ2v) is 3.41. The number of carbonyl (C=O) groups excluding carboxylic acids is 3. The van der Waals surface area contributed by atoms with E-state index in [0.717, 1.165) is 4.90 Å². The Morgan fingerprint density at radius 2 is 1.62 bits per heavy atom. The molecule has 1 aliphatic heterocycles. The van der Waals surface area contributed by atoms with E-state index in [1.165, 1.54) is 12.1 Å². The van der Waals surface area contributed by atoms with Crippen LogP contribution in [0.2, 0.25) is 0 Å². The molecule has 0 bridgehead atoms. The Bertz CT molecular complexity index is 449. The maximum Gasteiger partial charge on any atom is 0.261 e. The summed E-state index contributed by atoms with van der Waals surface area (Å²) >= 11 is 0. The fourth-order valence-electron chi connectivity index (χ4n) is 1.60. The number of hydrogen-bond donors (Lipinski definition) is 0. The highest BCUT2D eigenvalue weighted by molar-refractivity contribution is 6.22. The smallest absolute Gasteiger partial charge is 0.261 e. The standard InChI is InChI=1S/C11H8FNO3/c12-5-7(14)6-13-10(15)8-3-1-2-4-9(8)11(13)16/h1-4H,5-6H2. The van der Waals surface area contributed by atoms with Gasteiger partial charge in [-0.1, -0.05) is 12.1 Å². The van der Waals surface area contributed by atoms with E-state index in [1.807, 2.05) is 0 Å². The summed E-state index contributed by atoms with van der Waals surface area (Å²) in [6.45, 7) is -1.67. The van der Waals surface area contributed by atoms with Crippen LogP contribution in [-0.4, -0.2) is 35.7 Å². The fraction of sp³-hybridized carbons (Fsp3) is 0.182. The third-order valence-electron chi connectivity index (χ3n) is 2.36. The maximum atomic E-state index is 12.0. The van der Waals surface area contributed by atoms with E-state index in [4.69, 9.17) is 0 Å². The molecule has 0 aliphatic carbocycles. The molecule has 0 fully saturated rings. The number of halogens is 1. The third kappa shape index (κ3) is 1.50. The maximum absolute atomic E-state index is 12.0. The Kier molecular flexibility index (Phi) is 2.52. The molecule has 0 radical (unpaired) electrons. The average molecular weight is 221 g/mol. The summed E-state index contributed by atoms with van der Waals surface area (Å²) in [5, 5.41) is 0. The lowest BCUT2D eigenvalue weighted by molar-refractivity contribution is -0.120. The van der Waals surface area contributed by atoms with Crippen molar-refractivity contribution in [1.29, 1.82) is 0 Å². The highest BCUT2D eigenvalue weighted by Crippen LogP contribution is 2.21. The average Bonchev–Trinajstić information content (AvgIpc) is 2.55. The molecule has 0 N–H and O–H groups in total. The van der Waals surface area contributed by atoms with Gasteiger partial charge in [-0.3, -0.25) is 19.3 Å². The van der Waals surface area contributed by atoms with Gasteiger partial charge >= 0.3 is 0 Å². The van der Waals surface area contributed by atoms with Crippen molar-refractivity contribution in [2.45, 2.75) is 0 Å². The zero-order chi connectivity index (χ0) is 11.7. The highest BCUT2D eigenvalue weighted by Gasteiger charge is 2.35. The minimum Gasteiger partial charge on any atom is -0.295 e. The lowest BCUT2D eigenvalue weighted by Crippen LogP contribution is -2.35. The molecule has 0 saturated carbocycles. The van der Waals surface area contributed by atoms with Crippen LogP contribution in [0.4, 0.5) is 4.39 Å². The molecule has 0 aromatic heterocycles. The number of ketones is 1. The van der Waals surface area contributed by atoms with Crippen molar-refractivity contribution < 1.29 is 18.8 Å². The van der Waals surface area contributed by atoms with Crippen LogP contribution in [0.5, 0.6) is 0 Å². The summed E-state index contributed by atoms with van der Waals surface area (Å²) in [6.07, 6.45) is 0. The van der Waals surface area contributed by atoms with E-state index >= 15 is 0 Å². The lowest BCUT2D eigenvalue weighted by Gasteiger charge is -2.10. The van der Waals surface area contributed by atoms with Gasteiger partial charge in [0, 0.05) is 0 Å². The van der Waals surface area contributed by atoms with Gasteiger partial charge in [0.05, 0.1) is 17.7 Å². The molecule has 1 heterocycles. The van der Waals surface area contributed by atoms with Crippen molar-refractivity contribution in [3.8, 4) is 0 Å². The minimum absolute atomic E-state index is 0.263. The Hall–Kier alpha value is -2.04. The Morgan fingerprint density at radius 1 is 1.12 bits per heavy atom. The molecule has 1 aromatic carbocycles. The lowest BCUT2D eigenvalue weighted by atomic mass is 10.1. The van der Waals surface area contributed by atoms with Gasteiger partial charge in [-0.25, -0.2) is 4.39 Å². The van der Waals surface area contributed by atoms with Crippen LogP contribution in [0, 0.1) is 0 Å². The van der Waals surface area contributed by atoms with Crippen molar-refractivity contribution >= 4 is 17.6 Å². The predicted molar refractivity (Wildman–Crippen MR) is 52.8 cm³/mol. The minimum atomic E-state index is -1.17. The number of rotatable bonds is 3. The van der Waals surface area contributed by atoms with Gasteiger partial charge in [-0.2, -0.15) is 0 Å². The van der Waals surface area contributed by atoms with E-state index < -0.39 is 30.8 Å². The number of nitrogens with zero attached hydrogens (tertiary/aromatic N) is 1. The number of alkyl halides is 1. The van der Waals surface area contributed by atoms with Crippen molar-refractivity contribution in [3.05, 3.63) is 35.4 Å². The van der Waals surface area contributed by atoms with E-state index in [9.17, 15) is 18.8 Å². The zero-order valence-electron chi connectivity index (χ0n) is 8.27. The van der Waals surface area contributed by atoms with Gasteiger partial charge in [0.1, 0.15) is 6.67 Å². The second kappa shape index (κ2) is 3.84. The number of imide groups is 1. The highest BCUT2D eigenvalue weighted by atomic mass is 19.1. The van der Waals surface area contributed by atoms with Gasteiger partial charge in [0.2, 0.25) is 0 Å². The molecule has 16 heavy (non-hydrogen) atoms. The van der Waals surface area contributed by atoms with Crippen LogP contribution in [0.25, 0.3) is 0 Å². The number of carbonyl (C=O) groups is 3. The largest absolute Gasteiger partial charge is 0.295 e.